The highest BCUT2D eigenvalue weighted by atomic mass is 32.2. The monoisotopic (exact) mass is 256 g/mol. The van der Waals surface area contributed by atoms with Crippen molar-refractivity contribution in [1.29, 1.82) is 0 Å². The van der Waals surface area contributed by atoms with E-state index < -0.39 is 0 Å². The Hall–Kier alpha value is -1.67. The van der Waals surface area contributed by atoms with Gasteiger partial charge in [0.15, 0.2) is 0 Å². The molecule has 18 heavy (non-hydrogen) atoms. The van der Waals surface area contributed by atoms with Crippen LogP contribution in [0.2, 0.25) is 0 Å². The van der Waals surface area contributed by atoms with Crippen LogP contribution >= 0.6 is 11.8 Å². The third-order valence-corrected chi connectivity index (χ3v) is 3.74. The van der Waals surface area contributed by atoms with Gasteiger partial charge in [-0.05, 0) is 17.2 Å². The lowest BCUT2D eigenvalue weighted by Gasteiger charge is -2.13. The third-order valence-electron chi connectivity index (χ3n) is 2.63. The Morgan fingerprint density at radius 2 is 1.89 bits per heavy atom. The summed E-state index contributed by atoms with van der Waals surface area (Å²) in [5.41, 5.74) is 2.42. The van der Waals surface area contributed by atoms with E-state index >= 15 is 0 Å². The number of hydrogen-bond acceptors (Lipinski definition) is 2. The molecule has 2 rings (SSSR count). The van der Waals surface area contributed by atoms with Crippen LogP contribution in [0.1, 0.15) is 0 Å². The molecule has 2 heteroatoms. The predicted octanol–water partition coefficient (Wildman–Crippen LogP) is 4.64. The molecular weight excluding hydrogens is 240 g/mol. The van der Waals surface area contributed by atoms with Crippen molar-refractivity contribution in [2.24, 2.45) is 0 Å². The van der Waals surface area contributed by atoms with Gasteiger partial charge in [-0.1, -0.05) is 48.5 Å². The first kappa shape index (κ1) is 12.8. The van der Waals surface area contributed by atoms with Gasteiger partial charge >= 0.3 is 0 Å². The number of thioether (sulfide) groups is 1. The molecule has 0 fully saturated rings. The molecule has 0 unspecified atom stereocenters. The van der Waals surface area contributed by atoms with Crippen LogP contribution in [0.3, 0.4) is 0 Å². The summed E-state index contributed by atoms with van der Waals surface area (Å²) in [6.07, 6.45) is 1.91. The highest BCUT2D eigenvalue weighted by Gasteiger charge is 2.10. The van der Waals surface area contributed by atoms with Crippen molar-refractivity contribution in [2.75, 3.05) is 12.9 Å². The number of methoxy groups -OCH3 is 1. The van der Waals surface area contributed by atoms with Gasteiger partial charge in [-0.3, -0.25) is 0 Å². The van der Waals surface area contributed by atoms with Crippen molar-refractivity contribution in [1.82, 2.24) is 0 Å². The zero-order valence-electron chi connectivity index (χ0n) is 10.4. The van der Waals surface area contributed by atoms with Gasteiger partial charge in [0, 0.05) is 5.75 Å². The van der Waals surface area contributed by atoms with E-state index in [-0.39, 0.29) is 0 Å². The zero-order valence-corrected chi connectivity index (χ0v) is 11.2. The first-order valence-corrected chi connectivity index (χ1v) is 6.81. The van der Waals surface area contributed by atoms with Gasteiger partial charge in [0.1, 0.15) is 5.75 Å². The lowest BCUT2D eigenvalue weighted by atomic mass is 10.1. The molecule has 0 aliphatic rings. The summed E-state index contributed by atoms with van der Waals surface area (Å²) in [4.78, 5) is 1.17. The highest BCUT2D eigenvalue weighted by Crippen LogP contribution is 2.38. The van der Waals surface area contributed by atoms with Crippen LogP contribution in [-0.2, 0) is 0 Å². The normalized spacial score (nSPS) is 10.1. The number of benzene rings is 2. The van der Waals surface area contributed by atoms with Gasteiger partial charge in [0.05, 0.1) is 12.0 Å². The number of ether oxygens (including phenoxy) is 1. The molecule has 0 aromatic heterocycles. The average Bonchev–Trinajstić information content (AvgIpc) is 2.45. The van der Waals surface area contributed by atoms with E-state index in [0.717, 1.165) is 11.5 Å². The smallest absolute Gasteiger partial charge is 0.133 e. The van der Waals surface area contributed by atoms with Crippen LogP contribution in [0, 0.1) is 0 Å². The molecule has 0 N–H and O–H groups in total. The summed E-state index contributed by atoms with van der Waals surface area (Å²) in [6, 6.07) is 16.5. The van der Waals surface area contributed by atoms with Crippen molar-refractivity contribution in [2.45, 2.75) is 4.90 Å². The lowest BCUT2D eigenvalue weighted by Crippen LogP contribution is -1.90. The molecule has 2 aromatic rings. The van der Waals surface area contributed by atoms with Crippen LogP contribution in [0.15, 0.2) is 66.1 Å². The summed E-state index contributed by atoms with van der Waals surface area (Å²) in [5, 5.41) is 0. The molecule has 0 bridgehead atoms. The SMILES string of the molecule is C=CCSc1c(OC)cccc1-c1ccccc1. The van der Waals surface area contributed by atoms with Crippen molar-refractivity contribution < 1.29 is 4.74 Å². The quantitative estimate of drug-likeness (QED) is 0.569. The van der Waals surface area contributed by atoms with Gasteiger partial charge in [-0.2, -0.15) is 0 Å². The zero-order chi connectivity index (χ0) is 12.8. The minimum Gasteiger partial charge on any atom is -0.496 e. The maximum absolute atomic E-state index is 5.45. The van der Waals surface area contributed by atoms with E-state index in [1.807, 2.05) is 24.3 Å². The second-order valence-electron chi connectivity index (χ2n) is 3.80. The van der Waals surface area contributed by atoms with Gasteiger partial charge in [-0.25, -0.2) is 0 Å². The van der Waals surface area contributed by atoms with E-state index in [0.29, 0.717) is 0 Å². The molecule has 0 amide bonds. The summed E-state index contributed by atoms with van der Waals surface area (Å²) >= 11 is 1.75. The molecule has 92 valence electrons. The molecule has 1 nitrogen and oxygen atoms in total. The first-order valence-electron chi connectivity index (χ1n) is 5.83. The molecule has 0 spiro atoms. The van der Waals surface area contributed by atoms with E-state index in [1.54, 1.807) is 18.9 Å². The van der Waals surface area contributed by atoms with Gasteiger partial charge in [0.25, 0.3) is 0 Å². The Balaban J connectivity index is 2.48. The van der Waals surface area contributed by atoms with Crippen LogP contribution in [0.4, 0.5) is 0 Å². The molecule has 0 heterocycles. The van der Waals surface area contributed by atoms with Gasteiger partial charge < -0.3 is 4.74 Å². The van der Waals surface area contributed by atoms with Crippen molar-refractivity contribution in [3.63, 3.8) is 0 Å². The first-order chi connectivity index (χ1) is 8.86. The van der Waals surface area contributed by atoms with Crippen LogP contribution in [0.5, 0.6) is 5.75 Å². The van der Waals surface area contributed by atoms with E-state index in [1.165, 1.54) is 16.0 Å². The van der Waals surface area contributed by atoms with E-state index in [2.05, 4.69) is 36.9 Å². The Morgan fingerprint density at radius 3 is 2.56 bits per heavy atom. The maximum Gasteiger partial charge on any atom is 0.133 e. The molecular formula is C16H16OS. The Bertz CT molecular complexity index is 520. The molecule has 2 aromatic carbocycles. The van der Waals surface area contributed by atoms with Crippen LogP contribution < -0.4 is 4.74 Å². The third kappa shape index (κ3) is 2.77. The lowest BCUT2D eigenvalue weighted by molar-refractivity contribution is 0.405. The predicted molar refractivity (Wildman–Crippen MR) is 79.4 cm³/mol. The van der Waals surface area contributed by atoms with Crippen LogP contribution in [0.25, 0.3) is 11.1 Å². The van der Waals surface area contributed by atoms with E-state index in [4.69, 9.17) is 4.74 Å². The molecule has 0 saturated heterocycles. The molecule has 0 aliphatic heterocycles. The largest absolute Gasteiger partial charge is 0.496 e. The second kappa shape index (κ2) is 6.31. The molecule has 0 saturated carbocycles. The number of rotatable bonds is 5. The standard InChI is InChI=1S/C16H16OS/c1-3-12-18-16-14(10-7-11-15(16)17-2)13-8-5-4-6-9-13/h3-11H,1,12H2,2H3. The fourth-order valence-corrected chi connectivity index (χ4v) is 2.73. The van der Waals surface area contributed by atoms with Gasteiger partial charge in [-0.15, -0.1) is 18.3 Å². The molecule has 0 radical (unpaired) electrons. The van der Waals surface area contributed by atoms with Crippen molar-refractivity contribution in [3.8, 4) is 16.9 Å². The van der Waals surface area contributed by atoms with Crippen molar-refractivity contribution in [3.05, 3.63) is 61.2 Å². The maximum atomic E-state index is 5.45. The minimum absolute atomic E-state index is 0.875. The molecule has 0 atom stereocenters. The van der Waals surface area contributed by atoms with Gasteiger partial charge in [0.2, 0.25) is 0 Å². The fraction of sp³-hybridized carbons (Fsp3) is 0.125. The highest BCUT2D eigenvalue weighted by molar-refractivity contribution is 7.99. The van der Waals surface area contributed by atoms with Crippen LogP contribution in [-0.4, -0.2) is 12.9 Å². The Kier molecular flexibility index (Phi) is 4.48. The summed E-state index contributed by atoms with van der Waals surface area (Å²) in [7, 11) is 1.71. The Morgan fingerprint density at radius 1 is 1.11 bits per heavy atom. The molecule has 0 aliphatic carbocycles. The number of hydrogen-bond donors (Lipinski definition) is 0. The average molecular weight is 256 g/mol. The van der Waals surface area contributed by atoms with Crippen molar-refractivity contribution >= 4 is 11.8 Å². The minimum atomic E-state index is 0.875. The summed E-state index contributed by atoms with van der Waals surface area (Å²) in [5.74, 6) is 1.79. The fourth-order valence-electron chi connectivity index (χ4n) is 1.81. The second-order valence-corrected chi connectivity index (χ2v) is 4.83. The van der Waals surface area contributed by atoms with E-state index in [9.17, 15) is 0 Å². The Labute approximate surface area is 112 Å². The summed E-state index contributed by atoms with van der Waals surface area (Å²) in [6.45, 7) is 3.77. The topological polar surface area (TPSA) is 9.23 Å². The summed E-state index contributed by atoms with van der Waals surface area (Å²) < 4.78 is 5.45.